The Morgan fingerprint density at radius 3 is 2.27 bits per heavy atom. The summed E-state index contributed by atoms with van der Waals surface area (Å²) in [5, 5.41) is 3.07. The first-order chi connectivity index (χ1) is 14.7. The smallest absolute Gasteiger partial charge is 0.251 e. The standard InChI is InChI=1S/C24H32N2O4/c1-4-20(26-12-8-9-13-26)16-25-24(27)19-14-21(28-2)23(22(15-19)29-3)30-17-18-10-6-5-7-11-18/h5-7,10-11,14-15,20H,4,8-9,12-13,16-17H2,1-3H3,(H,25,27)/t20-/m0/s1. The minimum absolute atomic E-state index is 0.140. The molecule has 30 heavy (non-hydrogen) atoms. The van der Waals surface area contributed by atoms with Crippen LogP contribution in [0.1, 0.15) is 42.1 Å². The van der Waals surface area contributed by atoms with Gasteiger partial charge >= 0.3 is 0 Å². The highest BCUT2D eigenvalue weighted by atomic mass is 16.5. The van der Waals surface area contributed by atoms with Crippen molar-refractivity contribution in [1.82, 2.24) is 10.2 Å². The van der Waals surface area contributed by atoms with Crippen molar-refractivity contribution in [2.24, 2.45) is 0 Å². The molecular weight excluding hydrogens is 380 g/mol. The molecule has 0 unspecified atom stereocenters. The Bertz CT molecular complexity index is 794. The van der Waals surface area contributed by atoms with Crippen molar-refractivity contribution in [3.8, 4) is 17.2 Å². The van der Waals surface area contributed by atoms with Gasteiger partial charge in [-0.25, -0.2) is 0 Å². The molecule has 0 bridgehead atoms. The first-order valence-corrected chi connectivity index (χ1v) is 10.6. The van der Waals surface area contributed by atoms with Crippen molar-refractivity contribution in [3.05, 3.63) is 53.6 Å². The van der Waals surface area contributed by atoms with Crippen LogP contribution in [0.25, 0.3) is 0 Å². The van der Waals surface area contributed by atoms with Gasteiger partial charge in [0.15, 0.2) is 11.5 Å². The van der Waals surface area contributed by atoms with Gasteiger partial charge in [0.1, 0.15) is 6.61 Å². The summed E-state index contributed by atoms with van der Waals surface area (Å²) in [5.41, 5.74) is 1.53. The molecule has 1 saturated heterocycles. The molecule has 1 N–H and O–H groups in total. The molecule has 0 aromatic heterocycles. The van der Waals surface area contributed by atoms with E-state index in [-0.39, 0.29) is 5.91 Å². The molecule has 2 aromatic rings. The Balaban J connectivity index is 1.70. The number of amides is 1. The Morgan fingerprint density at radius 2 is 1.70 bits per heavy atom. The van der Waals surface area contributed by atoms with Gasteiger partial charge in [0.2, 0.25) is 5.75 Å². The predicted molar refractivity (Wildman–Crippen MR) is 118 cm³/mol. The number of hydrogen-bond donors (Lipinski definition) is 1. The van der Waals surface area contributed by atoms with E-state index in [1.54, 1.807) is 26.4 Å². The van der Waals surface area contributed by atoms with Crippen molar-refractivity contribution < 1.29 is 19.0 Å². The predicted octanol–water partition coefficient (Wildman–Crippen LogP) is 3.89. The molecule has 0 spiro atoms. The second-order valence-electron chi connectivity index (χ2n) is 7.50. The molecule has 1 amide bonds. The highest BCUT2D eigenvalue weighted by Crippen LogP contribution is 2.39. The monoisotopic (exact) mass is 412 g/mol. The molecule has 0 aliphatic carbocycles. The summed E-state index contributed by atoms with van der Waals surface area (Å²) in [6.07, 6.45) is 3.49. The number of carbonyl (C=O) groups is 1. The van der Waals surface area contributed by atoms with Gasteiger partial charge in [-0.1, -0.05) is 37.3 Å². The molecule has 0 saturated carbocycles. The van der Waals surface area contributed by atoms with Crippen LogP contribution in [0, 0.1) is 0 Å². The molecule has 3 rings (SSSR count). The third kappa shape index (κ3) is 5.45. The van der Waals surface area contributed by atoms with Crippen LogP contribution in [0.3, 0.4) is 0 Å². The van der Waals surface area contributed by atoms with Crippen LogP contribution >= 0.6 is 0 Å². The summed E-state index contributed by atoms with van der Waals surface area (Å²) in [6, 6.07) is 13.7. The van der Waals surface area contributed by atoms with Crippen LogP contribution in [-0.4, -0.2) is 50.7 Å². The average molecular weight is 413 g/mol. The summed E-state index contributed by atoms with van der Waals surface area (Å²) in [6.45, 7) is 5.41. The Hall–Kier alpha value is -2.73. The molecule has 1 atom stereocenters. The maximum absolute atomic E-state index is 12.8. The largest absolute Gasteiger partial charge is 0.493 e. The summed E-state index contributed by atoms with van der Waals surface area (Å²) in [7, 11) is 3.12. The van der Waals surface area contributed by atoms with Crippen molar-refractivity contribution in [2.75, 3.05) is 33.9 Å². The summed E-state index contributed by atoms with van der Waals surface area (Å²) >= 11 is 0. The van der Waals surface area contributed by atoms with E-state index in [1.165, 1.54) is 12.8 Å². The molecule has 6 heteroatoms. The number of hydrogen-bond acceptors (Lipinski definition) is 5. The van der Waals surface area contributed by atoms with E-state index in [1.807, 2.05) is 30.3 Å². The number of methoxy groups -OCH3 is 2. The van der Waals surface area contributed by atoms with Crippen LogP contribution in [-0.2, 0) is 6.61 Å². The zero-order valence-corrected chi connectivity index (χ0v) is 18.1. The van der Waals surface area contributed by atoms with E-state index in [0.717, 1.165) is 25.1 Å². The fourth-order valence-electron chi connectivity index (χ4n) is 3.83. The molecule has 2 aromatic carbocycles. The van der Waals surface area contributed by atoms with Gasteiger partial charge in [0.05, 0.1) is 14.2 Å². The highest BCUT2D eigenvalue weighted by molar-refractivity contribution is 5.95. The van der Waals surface area contributed by atoms with Crippen molar-refractivity contribution in [1.29, 1.82) is 0 Å². The summed E-state index contributed by atoms with van der Waals surface area (Å²) in [4.78, 5) is 15.3. The third-order valence-corrected chi connectivity index (χ3v) is 5.58. The first kappa shape index (κ1) is 22.0. The van der Waals surface area contributed by atoms with E-state index in [2.05, 4.69) is 17.1 Å². The van der Waals surface area contributed by atoms with Gasteiger partial charge in [-0.3, -0.25) is 9.69 Å². The molecule has 1 aliphatic heterocycles. The van der Waals surface area contributed by atoms with E-state index in [9.17, 15) is 4.79 Å². The zero-order chi connectivity index (χ0) is 21.3. The second-order valence-corrected chi connectivity index (χ2v) is 7.50. The van der Waals surface area contributed by atoms with Gasteiger partial charge in [0, 0.05) is 18.2 Å². The van der Waals surface area contributed by atoms with Crippen LogP contribution in [0.5, 0.6) is 17.2 Å². The van der Waals surface area contributed by atoms with Crippen molar-refractivity contribution >= 4 is 5.91 Å². The molecule has 162 valence electrons. The third-order valence-electron chi connectivity index (χ3n) is 5.58. The maximum Gasteiger partial charge on any atom is 0.251 e. The number of ether oxygens (including phenoxy) is 3. The molecule has 1 fully saturated rings. The number of likely N-dealkylation sites (tertiary alicyclic amines) is 1. The number of benzene rings is 2. The van der Waals surface area contributed by atoms with Crippen LogP contribution in [0.2, 0.25) is 0 Å². The zero-order valence-electron chi connectivity index (χ0n) is 18.1. The lowest BCUT2D eigenvalue weighted by Gasteiger charge is -2.26. The molecular formula is C24H32N2O4. The van der Waals surface area contributed by atoms with Gasteiger partial charge in [-0.15, -0.1) is 0 Å². The molecule has 6 nitrogen and oxygen atoms in total. The summed E-state index contributed by atoms with van der Waals surface area (Å²) in [5.74, 6) is 1.30. The van der Waals surface area contributed by atoms with Crippen LogP contribution in [0.15, 0.2) is 42.5 Å². The van der Waals surface area contributed by atoms with Gasteiger partial charge in [-0.2, -0.15) is 0 Å². The topological polar surface area (TPSA) is 60.0 Å². The van der Waals surface area contributed by atoms with Gasteiger partial charge < -0.3 is 19.5 Å². The average Bonchev–Trinajstić information content (AvgIpc) is 3.32. The van der Waals surface area contributed by atoms with Crippen LogP contribution < -0.4 is 19.5 Å². The maximum atomic E-state index is 12.8. The lowest BCUT2D eigenvalue weighted by Crippen LogP contribution is -2.42. The minimum atomic E-state index is -0.140. The SMILES string of the molecule is CC[C@@H](CNC(=O)c1cc(OC)c(OCc2ccccc2)c(OC)c1)N1CCCC1. The van der Waals surface area contributed by atoms with Crippen LogP contribution in [0.4, 0.5) is 0 Å². The van der Waals surface area contributed by atoms with Gasteiger partial charge in [-0.05, 0) is 50.0 Å². The summed E-state index contributed by atoms with van der Waals surface area (Å²) < 4.78 is 17.0. The van der Waals surface area contributed by atoms with Crippen molar-refractivity contribution in [2.45, 2.75) is 38.8 Å². The molecule has 0 radical (unpaired) electrons. The number of nitrogens with one attached hydrogen (secondary N) is 1. The lowest BCUT2D eigenvalue weighted by molar-refractivity contribution is 0.0936. The van der Waals surface area contributed by atoms with E-state index in [0.29, 0.717) is 42.0 Å². The van der Waals surface area contributed by atoms with E-state index < -0.39 is 0 Å². The van der Waals surface area contributed by atoms with Crippen molar-refractivity contribution in [3.63, 3.8) is 0 Å². The first-order valence-electron chi connectivity index (χ1n) is 10.6. The molecule has 1 aliphatic rings. The van der Waals surface area contributed by atoms with E-state index >= 15 is 0 Å². The highest BCUT2D eigenvalue weighted by Gasteiger charge is 2.22. The Labute approximate surface area is 179 Å². The minimum Gasteiger partial charge on any atom is -0.493 e. The van der Waals surface area contributed by atoms with E-state index in [4.69, 9.17) is 14.2 Å². The second kappa shape index (κ2) is 10.9. The van der Waals surface area contributed by atoms with Gasteiger partial charge in [0.25, 0.3) is 5.91 Å². The fourth-order valence-corrected chi connectivity index (χ4v) is 3.83. The normalized spacial score (nSPS) is 14.9. The Kier molecular flexibility index (Phi) is 7.97. The lowest BCUT2D eigenvalue weighted by atomic mass is 10.1. The molecule has 1 heterocycles. The number of carbonyl (C=O) groups excluding carboxylic acids is 1. The Morgan fingerprint density at radius 1 is 1.07 bits per heavy atom. The fraction of sp³-hybridized carbons (Fsp3) is 0.458. The number of rotatable bonds is 10. The number of nitrogens with zero attached hydrogens (tertiary/aromatic N) is 1. The quantitative estimate of drug-likeness (QED) is 0.642.